The van der Waals surface area contributed by atoms with Crippen molar-refractivity contribution < 1.29 is 14.3 Å². The second-order valence-corrected chi connectivity index (χ2v) is 1.93. The summed E-state index contributed by atoms with van der Waals surface area (Å²) in [4.78, 5) is 10.5. The summed E-state index contributed by atoms with van der Waals surface area (Å²) in [6.45, 7) is 4.27. The van der Waals surface area contributed by atoms with Gasteiger partial charge in [-0.3, -0.25) is 0 Å². The van der Waals surface area contributed by atoms with Gasteiger partial charge in [0.25, 0.3) is 0 Å². The van der Waals surface area contributed by atoms with Crippen LogP contribution in [0.2, 0.25) is 0 Å². The summed E-state index contributed by atoms with van der Waals surface area (Å²) in [6.07, 6.45) is 1.28. The van der Waals surface area contributed by atoms with Crippen molar-refractivity contribution in [3.63, 3.8) is 0 Å². The number of hydrogen-bond acceptors (Lipinski definition) is 3. The predicted octanol–water partition coefficient (Wildman–Crippen LogP) is 0.269. The zero-order chi connectivity index (χ0) is 7.40. The van der Waals surface area contributed by atoms with Gasteiger partial charge >= 0.3 is 5.97 Å². The molecule has 54 valence electrons. The molecule has 1 aliphatic heterocycles. The fourth-order valence-electron chi connectivity index (χ4n) is 0.464. The number of carbonyl (C=O) groups excluding carboxylic acids is 1. The van der Waals surface area contributed by atoms with Crippen LogP contribution in [0.15, 0.2) is 18.4 Å². The van der Waals surface area contributed by atoms with Crippen LogP contribution in [0, 0.1) is 0 Å². The Morgan fingerprint density at radius 2 is 2.70 bits per heavy atom. The van der Waals surface area contributed by atoms with Crippen LogP contribution in [0.25, 0.3) is 0 Å². The van der Waals surface area contributed by atoms with Crippen LogP contribution in [0.3, 0.4) is 0 Å². The SMILES string of the molecule is C=C=CC(=O)OCC1CO1. The first-order valence-electron chi connectivity index (χ1n) is 2.97. The first kappa shape index (κ1) is 7.06. The van der Waals surface area contributed by atoms with Gasteiger partial charge < -0.3 is 9.47 Å². The molecular formula is C7H8O3. The maximum atomic E-state index is 10.5. The summed E-state index contributed by atoms with van der Waals surface area (Å²) in [5.41, 5.74) is 2.32. The van der Waals surface area contributed by atoms with Crippen molar-refractivity contribution in [1.29, 1.82) is 0 Å². The first-order valence-corrected chi connectivity index (χ1v) is 2.97. The Bertz CT molecular complexity index is 175. The molecule has 1 heterocycles. The van der Waals surface area contributed by atoms with Gasteiger partial charge in [0.1, 0.15) is 12.7 Å². The van der Waals surface area contributed by atoms with Crippen LogP contribution in [-0.4, -0.2) is 25.3 Å². The molecule has 3 nitrogen and oxygen atoms in total. The molecule has 0 aromatic rings. The lowest BCUT2D eigenvalue weighted by Gasteiger charge is -1.94. The topological polar surface area (TPSA) is 38.8 Å². The molecule has 1 fully saturated rings. The predicted molar refractivity (Wildman–Crippen MR) is 34.4 cm³/mol. The zero-order valence-electron chi connectivity index (χ0n) is 5.50. The minimum absolute atomic E-state index is 0.127. The molecule has 0 aromatic carbocycles. The van der Waals surface area contributed by atoms with Crippen LogP contribution in [0.1, 0.15) is 0 Å². The molecule has 0 amide bonds. The summed E-state index contributed by atoms with van der Waals surface area (Å²) in [5.74, 6) is -0.412. The van der Waals surface area contributed by atoms with Gasteiger partial charge in [0.05, 0.1) is 12.7 Å². The monoisotopic (exact) mass is 140 g/mol. The van der Waals surface area contributed by atoms with Gasteiger partial charge in [-0.25, -0.2) is 4.79 Å². The van der Waals surface area contributed by atoms with Crippen molar-refractivity contribution in [2.75, 3.05) is 13.2 Å². The maximum Gasteiger partial charge on any atom is 0.338 e. The lowest BCUT2D eigenvalue weighted by atomic mass is 10.5. The van der Waals surface area contributed by atoms with E-state index in [0.717, 1.165) is 6.08 Å². The second kappa shape index (κ2) is 3.20. The second-order valence-electron chi connectivity index (χ2n) is 1.93. The molecule has 1 aliphatic rings. The van der Waals surface area contributed by atoms with Gasteiger partial charge in [0, 0.05) is 0 Å². The van der Waals surface area contributed by atoms with Gasteiger partial charge in [-0.15, -0.1) is 5.73 Å². The zero-order valence-corrected chi connectivity index (χ0v) is 5.50. The first-order chi connectivity index (χ1) is 4.83. The molecule has 0 radical (unpaired) electrons. The quantitative estimate of drug-likeness (QED) is 0.244. The number of carbonyl (C=O) groups is 1. The lowest BCUT2D eigenvalue weighted by molar-refractivity contribution is -0.138. The van der Waals surface area contributed by atoms with Crippen molar-refractivity contribution in [2.45, 2.75) is 6.10 Å². The van der Waals surface area contributed by atoms with Gasteiger partial charge in [0.15, 0.2) is 0 Å². The van der Waals surface area contributed by atoms with E-state index < -0.39 is 5.97 Å². The average molecular weight is 140 g/mol. The molecular weight excluding hydrogens is 132 g/mol. The van der Waals surface area contributed by atoms with E-state index in [1.807, 2.05) is 0 Å². The summed E-state index contributed by atoms with van der Waals surface area (Å²) >= 11 is 0. The van der Waals surface area contributed by atoms with Crippen molar-refractivity contribution in [3.05, 3.63) is 18.4 Å². The Hall–Kier alpha value is -1.05. The van der Waals surface area contributed by atoms with E-state index in [-0.39, 0.29) is 6.10 Å². The van der Waals surface area contributed by atoms with E-state index in [9.17, 15) is 4.79 Å². The lowest BCUT2D eigenvalue weighted by Crippen LogP contribution is -2.06. The van der Waals surface area contributed by atoms with E-state index in [0.29, 0.717) is 13.2 Å². The fraction of sp³-hybridized carbons (Fsp3) is 0.429. The van der Waals surface area contributed by atoms with Gasteiger partial charge in [-0.05, 0) is 0 Å². The van der Waals surface area contributed by atoms with Crippen molar-refractivity contribution >= 4 is 5.97 Å². The molecule has 0 aliphatic carbocycles. The highest BCUT2D eigenvalue weighted by molar-refractivity contribution is 5.81. The maximum absolute atomic E-state index is 10.5. The summed E-state index contributed by atoms with van der Waals surface area (Å²) in [6, 6.07) is 0. The van der Waals surface area contributed by atoms with Crippen LogP contribution < -0.4 is 0 Å². The Morgan fingerprint density at radius 1 is 2.00 bits per heavy atom. The van der Waals surface area contributed by atoms with Crippen molar-refractivity contribution in [1.82, 2.24) is 0 Å². The standard InChI is InChI=1S/C7H8O3/c1-2-3-7(8)10-5-6-4-9-6/h3,6H,1,4-5H2. The van der Waals surface area contributed by atoms with Crippen molar-refractivity contribution in [3.8, 4) is 0 Å². The van der Waals surface area contributed by atoms with Crippen LogP contribution >= 0.6 is 0 Å². The Balaban J connectivity index is 2.10. The van der Waals surface area contributed by atoms with Crippen molar-refractivity contribution in [2.24, 2.45) is 0 Å². The Kier molecular flexibility index (Phi) is 2.26. The summed E-state index contributed by atoms with van der Waals surface area (Å²) in [7, 11) is 0. The van der Waals surface area contributed by atoms with Crippen LogP contribution in [0.5, 0.6) is 0 Å². The third-order valence-electron chi connectivity index (χ3n) is 1.03. The molecule has 10 heavy (non-hydrogen) atoms. The Labute approximate surface area is 58.9 Å². The molecule has 1 saturated heterocycles. The molecule has 1 unspecified atom stereocenters. The minimum atomic E-state index is -0.412. The molecule has 1 atom stereocenters. The highest BCUT2D eigenvalue weighted by Crippen LogP contribution is 2.08. The Morgan fingerprint density at radius 3 is 3.20 bits per heavy atom. The number of hydrogen-bond donors (Lipinski definition) is 0. The third kappa shape index (κ3) is 2.49. The summed E-state index contributed by atoms with van der Waals surface area (Å²) < 4.78 is 9.49. The normalized spacial score (nSPS) is 21.0. The molecule has 0 spiro atoms. The average Bonchev–Trinajstić information content (AvgIpc) is 2.67. The highest BCUT2D eigenvalue weighted by atomic mass is 16.6. The molecule has 0 bridgehead atoms. The molecule has 0 N–H and O–H groups in total. The number of ether oxygens (including phenoxy) is 2. The van der Waals surface area contributed by atoms with Gasteiger partial charge in [-0.1, -0.05) is 6.58 Å². The van der Waals surface area contributed by atoms with E-state index in [4.69, 9.17) is 4.74 Å². The van der Waals surface area contributed by atoms with E-state index >= 15 is 0 Å². The van der Waals surface area contributed by atoms with Gasteiger partial charge in [0.2, 0.25) is 0 Å². The van der Waals surface area contributed by atoms with Crippen LogP contribution in [0.4, 0.5) is 0 Å². The fourth-order valence-corrected chi connectivity index (χ4v) is 0.464. The highest BCUT2D eigenvalue weighted by Gasteiger charge is 2.23. The smallest absolute Gasteiger partial charge is 0.338 e. The number of epoxide rings is 1. The molecule has 0 saturated carbocycles. The van der Waals surface area contributed by atoms with Crippen LogP contribution in [-0.2, 0) is 14.3 Å². The van der Waals surface area contributed by atoms with Gasteiger partial charge in [-0.2, -0.15) is 0 Å². The molecule has 1 rings (SSSR count). The largest absolute Gasteiger partial charge is 0.459 e. The minimum Gasteiger partial charge on any atom is -0.459 e. The van der Waals surface area contributed by atoms with E-state index in [1.165, 1.54) is 0 Å². The third-order valence-corrected chi connectivity index (χ3v) is 1.03. The number of esters is 1. The summed E-state index contributed by atoms with van der Waals surface area (Å²) in [5, 5.41) is 0. The molecule has 0 aromatic heterocycles. The van der Waals surface area contributed by atoms with E-state index in [2.05, 4.69) is 17.0 Å². The molecule has 3 heteroatoms. The number of rotatable bonds is 3. The van der Waals surface area contributed by atoms with E-state index in [1.54, 1.807) is 0 Å².